The maximum atomic E-state index is 6.09. The first-order valence-electron chi connectivity index (χ1n) is 6.74. The van der Waals surface area contributed by atoms with E-state index < -0.39 is 0 Å². The van der Waals surface area contributed by atoms with Crippen LogP contribution in [0.15, 0.2) is 36.8 Å². The van der Waals surface area contributed by atoms with Gasteiger partial charge in [0, 0.05) is 17.1 Å². The third-order valence-electron chi connectivity index (χ3n) is 4.18. The topological polar surface area (TPSA) is 43.8 Å². The van der Waals surface area contributed by atoms with E-state index >= 15 is 0 Å². The quantitative estimate of drug-likeness (QED) is 0.933. The van der Waals surface area contributed by atoms with Crippen LogP contribution in [0, 0.1) is 0 Å². The van der Waals surface area contributed by atoms with E-state index in [4.69, 9.17) is 17.3 Å². The molecule has 2 N–H and O–H groups in total. The number of hydrogen-bond donors (Lipinski definition) is 1. The Morgan fingerprint density at radius 1 is 1.32 bits per heavy atom. The van der Waals surface area contributed by atoms with Crippen LogP contribution in [0.4, 0.5) is 0 Å². The Balaban J connectivity index is 2.07. The summed E-state index contributed by atoms with van der Waals surface area (Å²) in [6.45, 7) is 0.664. The fourth-order valence-electron chi connectivity index (χ4n) is 3.11. The fraction of sp³-hybridized carbons (Fsp3) is 0.400. The van der Waals surface area contributed by atoms with Crippen LogP contribution in [-0.4, -0.2) is 16.1 Å². The minimum atomic E-state index is 0.0359. The van der Waals surface area contributed by atoms with Gasteiger partial charge in [-0.15, -0.1) is 0 Å². The molecule has 1 heterocycles. The Labute approximate surface area is 118 Å². The molecule has 1 aliphatic carbocycles. The van der Waals surface area contributed by atoms with Crippen LogP contribution in [0.2, 0.25) is 5.02 Å². The van der Waals surface area contributed by atoms with Gasteiger partial charge in [0.25, 0.3) is 0 Å². The van der Waals surface area contributed by atoms with E-state index in [9.17, 15) is 0 Å². The van der Waals surface area contributed by atoms with Crippen molar-refractivity contribution in [3.63, 3.8) is 0 Å². The van der Waals surface area contributed by atoms with Crippen molar-refractivity contribution in [2.45, 2.75) is 31.2 Å². The lowest BCUT2D eigenvalue weighted by molar-refractivity contribution is 0.307. The van der Waals surface area contributed by atoms with Gasteiger partial charge in [-0.05, 0) is 25.0 Å². The summed E-state index contributed by atoms with van der Waals surface area (Å²) < 4.78 is 2.26. The number of rotatable bonds is 3. The van der Waals surface area contributed by atoms with Crippen LogP contribution in [-0.2, 0) is 5.54 Å². The lowest BCUT2D eigenvalue weighted by atomic mass is 9.96. The Kier molecular flexibility index (Phi) is 3.33. The van der Waals surface area contributed by atoms with Crippen LogP contribution in [0.25, 0.3) is 11.3 Å². The molecule has 100 valence electrons. The molecule has 3 nitrogen and oxygen atoms in total. The number of nitrogens with two attached hydrogens (primary N) is 1. The zero-order chi connectivity index (χ0) is 13.3. The van der Waals surface area contributed by atoms with Gasteiger partial charge in [0.1, 0.15) is 0 Å². The Bertz CT molecular complexity index is 570. The molecule has 0 bridgehead atoms. The molecule has 0 unspecified atom stereocenters. The van der Waals surface area contributed by atoms with Crippen molar-refractivity contribution in [3.8, 4) is 11.3 Å². The molecule has 1 aromatic heterocycles. The molecule has 4 heteroatoms. The number of aromatic nitrogens is 2. The van der Waals surface area contributed by atoms with Gasteiger partial charge in [0.2, 0.25) is 0 Å². The van der Waals surface area contributed by atoms with Crippen molar-refractivity contribution < 1.29 is 0 Å². The molecule has 2 aromatic rings. The fourth-order valence-corrected chi connectivity index (χ4v) is 3.30. The van der Waals surface area contributed by atoms with E-state index in [0.29, 0.717) is 6.54 Å². The molecule has 0 amide bonds. The van der Waals surface area contributed by atoms with E-state index in [2.05, 4.69) is 15.6 Å². The summed E-state index contributed by atoms with van der Waals surface area (Å²) >= 11 is 6.09. The monoisotopic (exact) mass is 275 g/mol. The molecule has 1 aliphatic rings. The highest BCUT2D eigenvalue weighted by molar-refractivity contribution is 6.30. The summed E-state index contributed by atoms with van der Waals surface area (Å²) in [5.41, 5.74) is 8.31. The molecular weight excluding hydrogens is 258 g/mol. The van der Waals surface area contributed by atoms with Crippen LogP contribution < -0.4 is 5.73 Å². The minimum absolute atomic E-state index is 0.0359. The predicted octanol–water partition coefficient (Wildman–Crippen LogP) is 3.43. The largest absolute Gasteiger partial charge is 0.328 e. The highest BCUT2D eigenvalue weighted by Crippen LogP contribution is 2.38. The second-order valence-electron chi connectivity index (χ2n) is 5.29. The van der Waals surface area contributed by atoms with E-state index in [-0.39, 0.29) is 5.54 Å². The first kappa shape index (κ1) is 12.7. The SMILES string of the molecule is NCC1(n2cncc2-c2cccc(Cl)c2)CCCC1. The summed E-state index contributed by atoms with van der Waals surface area (Å²) in [4.78, 5) is 4.33. The van der Waals surface area contributed by atoms with E-state index in [1.807, 2.05) is 30.7 Å². The number of halogens is 1. The van der Waals surface area contributed by atoms with Gasteiger partial charge in [0.15, 0.2) is 0 Å². The molecular formula is C15H18ClN3. The molecule has 19 heavy (non-hydrogen) atoms. The number of nitrogens with zero attached hydrogens (tertiary/aromatic N) is 2. The lowest BCUT2D eigenvalue weighted by Gasteiger charge is -2.31. The van der Waals surface area contributed by atoms with Crippen molar-refractivity contribution in [2.75, 3.05) is 6.54 Å². The van der Waals surface area contributed by atoms with Gasteiger partial charge in [-0.1, -0.05) is 36.6 Å². The van der Waals surface area contributed by atoms with E-state index in [0.717, 1.165) is 29.1 Å². The highest BCUT2D eigenvalue weighted by atomic mass is 35.5. The molecule has 0 spiro atoms. The summed E-state index contributed by atoms with van der Waals surface area (Å²) in [6, 6.07) is 7.91. The zero-order valence-electron chi connectivity index (χ0n) is 10.8. The van der Waals surface area contributed by atoms with Gasteiger partial charge in [-0.25, -0.2) is 4.98 Å². The summed E-state index contributed by atoms with van der Waals surface area (Å²) in [6.07, 6.45) is 8.56. The Morgan fingerprint density at radius 3 is 2.79 bits per heavy atom. The van der Waals surface area contributed by atoms with Gasteiger partial charge >= 0.3 is 0 Å². The van der Waals surface area contributed by atoms with Crippen LogP contribution in [0.3, 0.4) is 0 Å². The van der Waals surface area contributed by atoms with E-state index in [1.165, 1.54) is 12.8 Å². The van der Waals surface area contributed by atoms with Crippen LogP contribution in [0.5, 0.6) is 0 Å². The van der Waals surface area contributed by atoms with Crippen molar-refractivity contribution in [1.29, 1.82) is 0 Å². The molecule has 1 fully saturated rings. The van der Waals surface area contributed by atoms with Gasteiger partial charge in [-0.2, -0.15) is 0 Å². The molecule has 0 radical (unpaired) electrons. The van der Waals surface area contributed by atoms with Crippen molar-refractivity contribution in [2.24, 2.45) is 5.73 Å². The second-order valence-corrected chi connectivity index (χ2v) is 5.73. The van der Waals surface area contributed by atoms with Gasteiger partial charge in [0.05, 0.1) is 23.8 Å². The molecule has 0 aliphatic heterocycles. The normalized spacial score (nSPS) is 17.8. The summed E-state index contributed by atoms with van der Waals surface area (Å²) in [7, 11) is 0. The average Bonchev–Trinajstić information content (AvgIpc) is 3.08. The first-order valence-corrected chi connectivity index (χ1v) is 7.12. The Hall–Kier alpha value is -1.32. The smallest absolute Gasteiger partial charge is 0.0956 e. The average molecular weight is 276 g/mol. The molecule has 0 saturated heterocycles. The summed E-state index contributed by atoms with van der Waals surface area (Å²) in [5, 5.41) is 0.749. The van der Waals surface area contributed by atoms with Crippen molar-refractivity contribution >= 4 is 11.6 Å². The molecule has 0 atom stereocenters. The standard InChI is InChI=1S/C15H18ClN3/c16-13-5-3-4-12(8-13)14-9-18-11-19(14)15(10-17)6-1-2-7-15/h3-5,8-9,11H,1-2,6-7,10,17H2. The molecule has 1 aromatic carbocycles. The third kappa shape index (κ3) is 2.17. The number of imidazole rings is 1. The van der Waals surface area contributed by atoms with Crippen LogP contribution >= 0.6 is 11.6 Å². The third-order valence-corrected chi connectivity index (χ3v) is 4.42. The molecule has 3 rings (SSSR count). The molecule has 1 saturated carbocycles. The minimum Gasteiger partial charge on any atom is -0.328 e. The maximum Gasteiger partial charge on any atom is 0.0956 e. The van der Waals surface area contributed by atoms with Crippen molar-refractivity contribution in [1.82, 2.24) is 9.55 Å². The first-order chi connectivity index (χ1) is 9.25. The van der Waals surface area contributed by atoms with Crippen LogP contribution in [0.1, 0.15) is 25.7 Å². The lowest BCUT2D eigenvalue weighted by Crippen LogP contribution is -2.38. The summed E-state index contributed by atoms with van der Waals surface area (Å²) in [5.74, 6) is 0. The van der Waals surface area contributed by atoms with Gasteiger partial charge < -0.3 is 10.3 Å². The van der Waals surface area contributed by atoms with E-state index in [1.54, 1.807) is 0 Å². The predicted molar refractivity (Wildman–Crippen MR) is 78.2 cm³/mol. The van der Waals surface area contributed by atoms with Gasteiger partial charge in [-0.3, -0.25) is 0 Å². The second kappa shape index (κ2) is 4.99. The highest BCUT2D eigenvalue weighted by Gasteiger charge is 2.35. The van der Waals surface area contributed by atoms with Crippen molar-refractivity contribution in [3.05, 3.63) is 41.8 Å². The number of benzene rings is 1. The Morgan fingerprint density at radius 2 is 2.11 bits per heavy atom. The number of hydrogen-bond acceptors (Lipinski definition) is 2. The maximum absolute atomic E-state index is 6.09. The zero-order valence-corrected chi connectivity index (χ0v) is 11.6.